The number of aromatic nitrogens is 2. The SMILES string of the molecule is CCS(=O)(=O)N1CCC(CCc2noc(-c3ccc(F)cc3)n2)CC1. The molecule has 0 spiro atoms. The Morgan fingerprint density at radius 2 is 1.92 bits per heavy atom. The molecule has 136 valence electrons. The van der Waals surface area contributed by atoms with Crippen molar-refractivity contribution in [2.24, 2.45) is 5.92 Å². The van der Waals surface area contributed by atoms with Crippen LogP contribution in [-0.2, 0) is 16.4 Å². The predicted octanol–water partition coefficient (Wildman–Crippen LogP) is 2.87. The van der Waals surface area contributed by atoms with Crippen molar-refractivity contribution in [1.29, 1.82) is 0 Å². The molecular weight excluding hydrogens is 345 g/mol. The summed E-state index contributed by atoms with van der Waals surface area (Å²) >= 11 is 0. The Hall–Kier alpha value is -1.80. The Morgan fingerprint density at radius 3 is 2.56 bits per heavy atom. The van der Waals surface area contributed by atoms with Crippen molar-refractivity contribution in [2.45, 2.75) is 32.6 Å². The summed E-state index contributed by atoms with van der Waals surface area (Å²) in [6.45, 7) is 2.86. The lowest BCUT2D eigenvalue weighted by Crippen LogP contribution is -2.39. The van der Waals surface area contributed by atoms with Gasteiger partial charge in [0.2, 0.25) is 10.0 Å². The minimum atomic E-state index is -3.08. The zero-order valence-electron chi connectivity index (χ0n) is 14.2. The maximum Gasteiger partial charge on any atom is 0.257 e. The first-order valence-electron chi connectivity index (χ1n) is 8.54. The molecule has 25 heavy (non-hydrogen) atoms. The van der Waals surface area contributed by atoms with Crippen molar-refractivity contribution in [3.63, 3.8) is 0 Å². The van der Waals surface area contributed by atoms with Crippen LogP contribution in [0.15, 0.2) is 28.8 Å². The van der Waals surface area contributed by atoms with E-state index < -0.39 is 10.0 Å². The number of benzene rings is 1. The van der Waals surface area contributed by atoms with Crippen LogP contribution >= 0.6 is 0 Å². The van der Waals surface area contributed by atoms with E-state index in [4.69, 9.17) is 4.52 Å². The van der Waals surface area contributed by atoms with Gasteiger partial charge in [-0.2, -0.15) is 4.98 Å². The number of aryl methyl sites for hydroxylation is 1. The van der Waals surface area contributed by atoms with E-state index in [1.165, 1.54) is 12.1 Å². The van der Waals surface area contributed by atoms with E-state index in [9.17, 15) is 12.8 Å². The van der Waals surface area contributed by atoms with Gasteiger partial charge in [-0.1, -0.05) is 5.16 Å². The van der Waals surface area contributed by atoms with Gasteiger partial charge in [-0.25, -0.2) is 17.1 Å². The molecule has 1 saturated heterocycles. The van der Waals surface area contributed by atoms with Crippen molar-refractivity contribution in [2.75, 3.05) is 18.8 Å². The van der Waals surface area contributed by atoms with Crippen LogP contribution in [0.25, 0.3) is 11.5 Å². The van der Waals surface area contributed by atoms with E-state index in [0.717, 1.165) is 19.3 Å². The van der Waals surface area contributed by atoms with Crippen LogP contribution in [0.3, 0.4) is 0 Å². The summed E-state index contributed by atoms with van der Waals surface area (Å²) in [5.41, 5.74) is 0.693. The molecule has 0 radical (unpaired) electrons. The van der Waals surface area contributed by atoms with Gasteiger partial charge in [-0.15, -0.1) is 0 Å². The molecule has 1 aromatic carbocycles. The highest BCUT2D eigenvalue weighted by molar-refractivity contribution is 7.89. The van der Waals surface area contributed by atoms with E-state index >= 15 is 0 Å². The Balaban J connectivity index is 1.51. The number of rotatable bonds is 6. The van der Waals surface area contributed by atoms with Gasteiger partial charge in [0.25, 0.3) is 5.89 Å². The second-order valence-corrected chi connectivity index (χ2v) is 8.56. The summed E-state index contributed by atoms with van der Waals surface area (Å²) in [6.07, 6.45) is 3.32. The molecule has 0 amide bonds. The predicted molar refractivity (Wildman–Crippen MR) is 91.8 cm³/mol. The average molecular weight is 367 g/mol. The fraction of sp³-hybridized carbons (Fsp3) is 0.529. The van der Waals surface area contributed by atoms with Gasteiger partial charge in [0.1, 0.15) is 5.82 Å². The largest absolute Gasteiger partial charge is 0.334 e. The minimum absolute atomic E-state index is 0.159. The average Bonchev–Trinajstić information content (AvgIpc) is 3.10. The topological polar surface area (TPSA) is 76.3 Å². The molecule has 6 nitrogen and oxygen atoms in total. The molecule has 3 rings (SSSR count). The van der Waals surface area contributed by atoms with Gasteiger partial charge in [0.15, 0.2) is 5.82 Å². The third kappa shape index (κ3) is 4.43. The second-order valence-electron chi connectivity index (χ2n) is 6.30. The molecule has 0 atom stereocenters. The summed E-state index contributed by atoms with van der Waals surface area (Å²) in [5, 5.41) is 3.98. The maximum absolute atomic E-state index is 13.0. The molecular formula is C17H22FN3O3S. The van der Waals surface area contributed by atoms with E-state index in [-0.39, 0.29) is 11.6 Å². The first kappa shape index (κ1) is 18.0. The molecule has 0 aliphatic carbocycles. The highest BCUT2D eigenvalue weighted by atomic mass is 32.2. The molecule has 2 heterocycles. The van der Waals surface area contributed by atoms with Crippen LogP contribution in [0, 0.1) is 11.7 Å². The van der Waals surface area contributed by atoms with Gasteiger partial charge in [-0.05, 0) is 56.4 Å². The van der Waals surface area contributed by atoms with Crippen molar-refractivity contribution in [1.82, 2.24) is 14.4 Å². The van der Waals surface area contributed by atoms with Crippen molar-refractivity contribution < 1.29 is 17.3 Å². The number of sulfonamides is 1. The van der Waals surface area contributed by atoms with Crippen molar-refractivity contribution >= 4 is 10.0 Å². The lowest BCUT2D eigenvalue weighted by atomic mass is 9.93. The van der Waals surface area contributed by atoms with Gasteiger partial charge < -0.3 is 4.52 Å². The number of hydrogen-bond acceptors (Lipinski definition) is 5. The number of nitrogens with zero attached hydrogens (tertiary/aromatic N) is 3. The van der Waals surface area contributed by atoms with E-state index in [0.29, 0.717) is 42.7 Å². The molecule has 0 saturated carbocycles. The number of halogens is 1. The normalized spacial score (nSPS) is 17.0. The summed E-state index contributed by atoms with van der Waals surface area (Å²) in [6, 6.07) is 5.93. The van der Waals surface area contributed by atoms with E-state index in [2.05, 4.69) is 10.1 Å². The summed E-state index contributed by atoms with van der Waals surface area (Å²) in [4.78, 5) is 4.36. The van der Waals surface area contributed by atoms with Gasteiger partial charge in [-0.3, -0.25) is 0 Å². The minimum Gasteiger partial charge on any atom is -0.334 e. The Kier molecular flexibility index (Phi) is 5.48. The van der Waals surface area contributed by atoms with E-state index in [1.807, 2.05) is 0 Å². The first-order chi connectivity index (χ1) is 12.0. The van der Waals surface area contributed by atoms with E-state index in [1.54, 1.807) is 23.4 Å². The zero-order valence-corrected chi connectivity index (χ0v) is 15.0. The molecule has 1 aliphatic rings. The summed E-state index contributed by atoms with van der Waals surface area (Å²) in [7, 11) is -3.08. The zero-order chi connectivity index (χ0) is 17.9. The van der Waals surface area contributed by atoms with Crippen molar-refractivity contribution in [3.8, 4) is 11.5 Å². The summed E-state index contributed by atoms with van der Waals surface area (Å²) in [5.74, 6) is 1.34. The Labute approximate surface area is 147 Å². The second kappa shape index (κ2) is 7.61. The van der Waals surface area contributed by atoms with Gasteiger partial charge in [0.05, 0.1) is 5.75 Å². The number of piperidine rings is 1. The highest BCUT2D eigenvalue weighted by Crippen LogP contribution is 2.24. The molecule has 8 heteroatoms. The maximum atomic E-state index is 13.0. The monoisotopic (exact) mass is 367 g/mol. The van der Waals surface area contributed by atoms with Gasteiger partial charge >= 0.3 is 0 Å². The Morgan fingerprint density at radius 1 is 1.24 bits per heavy atom. The molecule has 2 aromatic rings. The first-order valence-corrected chi connectivity index (χ1v) is 10.1. The van der Waals surface area contributed by atoms with Crippen LogP contribution in [0.2, 0.25) is 0 Å². The number of hydrogen-bond donors (Lipinski definition) is 0. The van der Waals surface area contributed by atoms with Crippen LogP contribution in [0.1, 0.15) is 32.0 Å². The fourth-order valence-corrected chi connectivity index (χ4v) is 4.19. The lowest BCUT2D eigenvalue weighted by molar-refractivity contribution is 0.262. The van der Waals surface area contributed by atoms with Crippen LogP contribution in [-0.4, -0.2) is 41.7 Å². The Bertz CT molecular complexity index is 797. The molecule has 1 aromatic heterocycles. The molecule has 1 fully saturated rings. The third-order valence-corrected chi connectivity index (χ3v) is 6.55. The summed E-state index contributed by atoms with van der Waals surface area (Å²) < 4.78 is 43.5. The molecule has 1 aliphatic heterocycles. The van der Waals surface area contributed by atoms with Crippen LogP contribution in [0.5, 0.6) is 0 Å². The smallest absolute Gasteiger partial charge is 0.257 e. The molecule has 0 unspecified atom stereocenters. The standard InChI is InChI=1S/C17H22FN3O3S/c1-2-25(22,23)21-11-9-13(10-12-21)3-8-16-19-17(24-20-16)14-4-6-15(18)7-5-14/h4-7,13H,2-3,8-12H2,1H3. The van der Waals surface area contributed by atoms with Crippen LogP contribution in [0.4, 0.5) is 4.39 Å². The fourth-order valence-electron chi connectivity index (χ4n) is 3.06. The van der Waals surface area contributed by atoms with Gasteiger partial charge in [0, 0.05) is 25.1 Å². The quantitative estimate of drug-likeness (QED) is 0.785. The van der Waals surface area contributed by atoms with Crippen molar-refractivity contribution in [3.05, 3.63) is 35.9 Å². The van der Waals surface area contributed by atoms with Crippen LogP contribution < -0.4 is 0 Å². The molecule has 0 bridgehead atoms. The third-order valence-electron chi connectivity index (χ3n) is 4.67. The highest BCUT2D eigenvalue weighted by Gasteiger charge is 2.26. The molecule has 0 N–H and O–H groups in total. The lowest BCUT2D eigenvalue weighted by Gasteiger charge is -2.30.